The van der Waals surface area contributed by atoms with Crippen LogP contribution in [-0.4, -0.2) is 226 Å². The van der Waals surface area contributed by atoms with Crippen molar-refractivity contribution in [2.45, 2.75) is 162 Å². The normalized spacial score (nSPS) is 34.4. The predicted molar refractivity (Wildman–Crippen MR) is 317 cm³/mol. The number of methoxy groups -OCH3 is 5. The molecule has 4 saturated heterocycles. The number of Topliss-reactive ketones (excluding diaryl/α,β-unsaturated/α-hetero) is 1. The average Bonchev–Trinajstić information content (AvgIpc) is 1.36. The Morgan fingerprint density at radius 2 is 1.55 bits per heavy atom. The zero-order chi connectivity index (χ0) is 61.9. The SMILES string of the molecule is C=C(OC)C(=O)Nc1cc(OC)c(OC)cc1C(=O)O[C@H]1C[C@@H](OC2C(=O)C(NC(=O)OC)=C3C(=CCSSSSC)C2(O)C=CC3O[C@H]2OC[C@@H](NO[C@@H]3C[C@@H](O)[C@H](SC)[C@H](C)O3)[C@H](O)[C@H]2O[C@@H]2C[C@@H](OC)[C@H](NC(C)C)CO2)O[C@H](C)[C@H]1O. The van der Waals surface area contributed by atoms with Gasteiger partial charge in [0.05, 0.1) is 100 Å². The molecule has 4 heterocycles. The summed E-state index contributed by atoms with van der Waals surface area (Å²) in [7, 11) is 12.5. The monoisotopic (exact) mass is 1290 g/mol. The van der Waals surface area contributed by atoms with Crippen molar-refractivity contribution in [3.8, 4) is 11.5 Å². The van der Waals surface area contributed by atoms with Crippen LogP contribution in [0.1, 0.15) is 57.3 Å². The van der Waals surface area contributed by atoms with E-state index in [1.165, 1.54) is 106 Å². The number of carbonyl (C=O) groups excluding carboxylic acids is 4. The second-order valence-corrected chi connectivity index (χ2v) is 27.8. The number of nitrogens with one attached hydrogen (secondary N) is 4. The molecule has 476 valence electrons. The Balaban J connectivity index is 1.19. The molecule has 4 aliphatic heterocycles. The fourth-order valence-electron chi connectivity index (χ4n) is 10.5. The Kier molecular flexibility index (Phi) is 25.9. The number of esters is 1. The van der Waals surface area contributed by atoms with Crippen LogP contribution in [0.5, 0.6) is 11.5 Å². The van der Waals surface area contributed by atoms with Crippen molar-refractivity contribution in [2.75, 3.05) is 72.3 Å². The highest BCUT2D eigenvalue weighted by Gasteiger charge is 2.57. The van der Waals surface area contributed by atoms with Gasteiger partial charge in [-0.25, -0.2) is 9.59 Å². The van der Waals surface area contributed by atoms with Gasteiger partial charge in [-0.2, -0.15) is 17.2 Å². The highest BCUT2D eigenvalue weighted by Crippen LogP contribution is 2.48. The van der Waals surface area contributed by atoms with Gasteiger partial charge in [0, 0.05) is 55.9 Å². The first-order chi connectivity index (χ1) is 40.6. The number of thioether (sulfide) groups is 1. The number of ketones is 1. The highest BCUT2D eigenvalue weighted by molar-refractivity contribution is 9.26. The Bertz CT molecular complexity index is 2580. The standard InChI is InChI=1S/C54H78N4O22S5/c1-24(2)55-31-22-72-39(20-35(31)68-7)78-47-45(61)32(58-80-41-19-33(59)48(81-11)26(4)75-41)23-73-52(47)77-34-13-15-54(66)29(14-16-83-85-84-82-12)42(34)43(57-53(65)71-10)46(62)49(54)79-40-21-38(44(60)25(3)74-40)76-51(64)28-17-36(69-8)37(70-9)18-30(28)56-50(63)27(5)67-6/h13-15,17-18,24-26,31-35,38-41,44-45,47-49,52,55,58-61,66H,5,16,19-23H2,1-4,6-12H3,(H,56,63)(H,57,65)/t25-,26+,31-,32-,33-,34?,35-,38+,39-,40-,41-,44-,45+,47-,48-,49?,52-,54?/m1/s1. The van der Waals surface area contributed by atoms with E-state index in [0.29, 0.717) is 0 Å². The van der Waals surface area contributed by atoms with Crippen LogP contribution < -0.4 is 30.9 Å². The molecule has 0 radical (unpaired) electrons. The van der Waals surface area contributed by atoms with Gasteiger partial charge in [-0.05, 0) is 57.7 Å². The Hall–Kier alpha value is -3.39. The quantitative estimate of drug-likeness (QED) is 0.0125. The van der Waals surface area contributed by atoms with Gasteiger partial charge in [-0.3, -0.25) is 19.7 Å². The molecule has 7 rings (SSSR count). The molecule has 2 bridgehead atoms. The van der Waals surface area contributed by atoms with E-state index in [4.69, 9.17) is 66.4 Å². The van der Waals surface area contributed by atoms with Gasteiger partial charge < -0.3 is 92.6 Å². The molecule has 2 aliphatic carbocycles. The zero-order valence-corrected chi connectivity index (χ0v) is 53.0. The third-order valence-corrected chi connectivity index (χ3v) is 22.0. The molecule has 3 unspecified atom stereocenters. The van der Waals surface area contributed by atoms with E-state index < -0.39 is 122 Å². The summed E-state index contributed by atoms with van der Waals surface area (Å²) in [5.74, 6) is -2.57. The number of benzene rings is 1. The minimum atomic E-state index is -2.32. The summed E-state index contributed by atoms with van der Waals surface area (Å²) in [5.41, 5.74) is -0.0930. The summed E-state index contributed by atoms with van der Waals surface area (Å²) in [4.78, 5) is 61.6. The minimum Gasteiger partial charge on any atom is -0.493 e. The van der Waals surface area contributed by atoms with Crippen LogP contribution in [0, 0.1) is 0 Å². The maximum absolute atomic E-state index is 15.2. The Labute approximate surface area is 513 Å². The van der Waals surface area contributed by atoms with Crippen molar-refractivity contribution >= 4 is 82.4 Å². The maximum atomic E-state index is 15.2. The van der Waals surface area contributed by atoms with Crippen molar-refractivity contribution in [1.29, 1.82) is 0 Å². The smallest absolute Gasteiger partial charge is 0.411 e. The maximum Gasteiger partial charge on any atom is 0.411 e. The first-order valence-corrected chi connectivity index (χ1v) is 33.9. The number of ether oxygens (including phenoxy) is 13. The lowest BCUT2D eigenvalue weighted by Gasteiger charge is -2.48. The number of amides is 2. The largest absolute Gasteiger partial charge is 0.493 e. The Morgan fingerprint density at radius 1 is 0.847 bits per heavy atom. The van der Waals surface area contributed by atoms with Gasteiger partial charge in [0.2, 0.25) is 5.78 Å². The number of fused-ring (bicyclic) bond motifs is 2. The van der Waals surface area contributed by atoms with Crippen LogP contribution in [0.3, 0.4) is 0 Å². The molecule has 4 fully saturated rings. The van der Waals surface area contributed by atoms with Gasteiger partial charge in [-0.1, -0.05) is 54.2 Å². The molecular weight excluding hydrogens is 1220 g/mol. The van der Waals surface area contributed by atoms with Gasteiger partial charge >= 0.3 is 12.1 Å². The minimum absolute atomic E-state index is 0.0162. The first kappa shape index (κ1) is 69.1. The first-order valence-electron chi connectivity index (χ1n) is 27.2. The lowest BCUT2D eigenvalue weighted by Crippen LogP contribution is -2.63. The molecule has 0 saturated carbocycles. The molecule has 0 aromatic heterocycles. The molecule has 31 heteroatoms. The molecule has 18 atom stereocenters. The number of anilines is 1. The average molecular weight is 1300 g/mol. The molecule has 2 amide bonds. The second-order valence-electron chi connectivity index (χ2n) is 20.6. The van der Waals surface area contributed by atoms with E-state index in [-0.39, 0.29) is 101 Å². The zero-order valence-electron chi connectivity index (χ0n) is 48.9. The summed E-state index contributed by atoms with van der Waals surface area (Å²) < 4.78 is 77.1. The number of aliphatic hydroxyl groups excluding tert-OH is 3. The van der Waals surface area contributed by atoms with Crippen molar-refractivity contribution in [1.82, 2.24) is 16.1 Å². The van der Waals surface area contributed by atoms with Gasteiger partial charge in [0.1, 0.15) is 36.1 Å². The fraction of sp³-hybridized carbons (Fsp3) is 0.667. The van der Waals surface area contributed by atoms with Crippen LogP contribution in [-0.2, 0) is 66.5 Å². The summed E-state index contributed by atoms with van der Waals surface area (Å²) >= 11 is 1.48. The van der Waals surface area contributed by atoms with Crippen LogP contribution in [0.25, 0.3) is 0 Å². The predicted octanol–water partition coefficient (Wildman–Crippen LogP) is 3.67. The fourth-order valence-corrected chi connectivity index (χ4v) is 16.4. The van der Waals surface area contributed by atoms with Crippen molar-refractivity contribution in [3.05, 3.63) is 65.1 Å². The van der Waals surface area contributed by atoms with E-state index in [0.717, 1.165) is 7.11 Å². The van der Waals surface area contributed by atoms with Crippen LogP contribution >= 0.6 is 53.0 Å². The number of alkyl carbamates (subject to hydrolysis) is 1. The van der Waals surface area contributed by atoms with Gasteiger partial charge in [0.25, 0.3) is 5.91 Å². The molecule has 8 N–H and O–H groups in total. The lowest BCUT2D eigenvalue weighted by atomic mass is 9.69. The molecular formula is C54H78N4O22S5. The third kappa shape index (κ3) is 16.7. The molecule has 0 spiro atoms. The van der Waals surface area contributed by atoms with E-state index in [2.05, 4.69) is 28.0 Å². The number of rotatable bonds is 26. The molecule has 6 aliphatic rings. The van der Waals surface area contributed by atoms with Crippen molar-refractivity contribution in [3.63, 3.8) is 0 Å². The number of hydrogen-bond acceptors (Lipinski definition) is 29. The Morgan fingerprint density at radius 3 is 2.21 bits per heavy atom. The van der Waals surface area contributed by atoms with E-state index in [9.17, 15) is 34.8 Å². The topological polar surface area (TPSA) is 327 Å². The van der Waals surface area contributed by atoms with Crippen molar-refractivity contribution in [2.24, 2.45) is 0 Å². The number of carbonyl (C=O) groups is 4. The van der Waals surface area contributed by atoms with Crippen LogP contribution in [0.2, 0.25) is 0 Å². The van der Waals surface area contributed by atoms with Crippen LogP contribution in [0.15, 0.2) is 59.5 Å². The van der Waals surface area contributed by atoms with Crippen LogP contribution in [0.4, 0.5) is 10.5 Å². The molecule has 1 aromatic rings. The van der Waals surface area contributed by atoms with E-state index in [1.807, 2.05) is 33.3 Å². The molecule has 26 nitrogen and oxygen atoms in total. The summed E-state index contributed by atoms with van der Waals surface area (Å²) in [6.07, 6.45) is -9.08. The summed E-state index contributed by atoms with van der Waals surface area (Å²) in [5, 5.41) is 56.0. The number of hydroxylamine groups is 1. The number of hydrogen-bond donors (Lipinski definition) is 8. The molecule has 85 heavy (non-hydrogen) atoms. The van der Waals surface area contributed by atoms with Crippen molar-refractivity contribution < 1.29 is 106 Å². The van der Waals surface area contributed by atoms with Gasteiger partial charge in [0.15, 0.2) is 48.5 Å². The second kappa shape index (κ2) is 31.9. The summed E-state index contributed by atoms with van der Waals surface area (Å²) in [6, 6.07) is 1.56. The highest BCUT2D eigenvalue weighted by atomic mass is 33.7. The molecule has 1 aromatic carbocycles. The lowest BCUT2D eigenvalue weighted by molar-refractivity contribution is -0.324. The van der Waals surface area contributed by atoms with E-state index in [1.54, 1.807) is 13.2 Å². The van der Waals surface area contributed by atoms with E-state index >= 15 is 4.79 Å². The van der Waals surface area contributed by atoms with Gasteiger partial charge in [-0.15, -0.1) is 0 Å². The summed E-state index contributed by atoms with van der Waals surface area (Å²) in [6.45, 7) is 10.8. The third-order valence-electron chi connectivity index (χ3n) is 14.8. The number of aliphatic hydroxyl groups is 4.